The molecule has 8 heteroatoms. The fraction of sp³-hybridized carbons (Fsp3) is 0.208. The second-order valence-electron chi connectivity index (χ2n) is 17.7. The average molecular weight is 811 g/mol. The van der Waals surface area contributed by atoms with Crippen LogP contribution in [0.3, 0.4) is 0 Å². The van der Waals surface area contributed by atoms with E-state index in [9.17, 15) is 30.6 Å². The van der Waals surface area contributed by atoms with Crippen molar-refractivity contribution in [3.05, 3.63) is 154 Å². The van der Waals surface area contributed by atoms with Crippen molar-refractivity contribution in [3.63, 3.8) is 0 Å². The zero-order valence-electron chi connectivity index (χ0n) is 35.7. The molecular weight excluding hydrogens is 761 g/mol. The van der Waals surface area contributed by atoms with Gasteiger partial charge in [0.05, 0.1) is 0 Å². The lowest BCUT2D eigenvalue weighted by molar-refractivity contribution is 0.396. The molecule has 0 spiro atoms. The van der Waals surface area contributed by atoms with Gasteiger partial charge in [0.1, 0.15) is 22.9 Å². The largest absolute Gasteiger partial charge is 0.505 e. The molecule has 6 N–H and O–H groups in total. The SMILES string of the molecule is CCc1ccc(N(c2ccc(C)cc2)c2c(O)c(O)c3c(c2O)C(C)(C)c2cc4c(cc2-3)C(C)(C)c2c(O)c(N(c3ccc(C)cc3)c3ccc(C)cc3)c(O)c(O)c2-4)cc1. The van der Waals surface area contributed by atoms with E-state index in [-0.39, 0.29) is 34.4 Å². The molecule has 308 valence electrons. The number of rotatable bonds is 7. The molecule has 7 aromatic rings. The summed E-state index contributed by atoms with van der Waals surface area (Å²) in [4.78, 5) is 3.51. The molecule has 2 aliphatic carbocycles. The van der Waals surface area contributed by atoms with E-state index in [1.165, 1.54) is 0 Å². The molecule has 2 aliphatic rings. The smallest absolute Gasteiger partial charge is 0.186 e. The van der Waals surface area contributed by atoms with Gasteiger partial charge in [-0.1, -0.05) is 99.8 Å². The predicted octanol–water partition coefficient (Wildman–Crippen LogP) is 13.0. The fourth-order valence-corrected chi connectivity index (χ4v) is 9.65. The van der Waals surface area contributed by atoms with Crippen LogP contribution in [0.4, 0.5) is 34.1 Å². The highest BCUT2D eigenvalue weighted by Gasteiger charge is 2.49. The number of hydrogen-bond acceptors (Lipinski definition) is 8. The monoisotopic (exact) mass is 810 g/mol. The molecule has 61 heavy (non-hydrogen) atoms. The summed E-state index contributed by atoms with van der Waals surface area (Å²) >= 11 is 0. The maximum atomic E-state index is 12.5. The van der Waals surface area contributed by atoms with E-state index in [1.807, 2.05) is 158 Å². The molecule has 8 nitrogen and oxygen atoms in total. The van der Waals surface area contributed by atoms with Gasteiger partial charge < -0.3 is 40.4 Å². The Morgan fingerprint density at radius 2 is 0.705 bits per heavy atom. The lowest BCUT2D eigenvalue weighted by Gasteiger charge is -2.31. The highest BCUT2D eigenvalue weighted by atomic mass is 16.3. The third-order valence-electron chi connectivity index (χ3n) is 13.0. The Labute approximate surface area is 356 Å². The third-order valence-corrected chi connectivity index (χ3v) is 13.0. The van der Waals surface area contributed by atoms with Crippen molar-refractivity contribution in [3.8, 4) is 56.8 Å². The molecule has 0 atom stereocenters. The summed E-state index contributed by atoms with van der Waals surface area (Å²) in [5, 5.41) is 73.5. The van der Waals surface area contributed by atoms with Gasteiger partial charge in [-0.2, -0.15) is 0 Å². The Morgan fingerprint density at radius 3 is 1.00 bits per heavy atom. The molecule has 0 aliphatic heterocycles. The van der Waals surface area contributed by atoms with Crippen molar-refractivity contribution in [2.24, 2.45) is 0 Å². The van der Waals surface area contributed by atoms with Crippen LogP contribution in [0, 0.1) is 20.8 Å². The molecule has 0 aromatic heterocycles. The van der Waals surface area contributed by atoms with Crippen LogP contribution >= 0.6 is 0 Å². The van der Waals surface area contributed by atoms with E-state index in [0.29, 0.717) is 56.1 Å². The Hall–Kier alpha value is -7.06. The molecule has 0 heterocycles. The predicted molar refractivity (Wildman–Crippen MR) is 245 cm³/mol. The highest BCUT2D eigenvalue weighted by molar-refractivity contribution is 6.02. The van der Waals surface area contributed by atoms with Gasteiger partial charge in [-0.15, -0.1) is 0 Å². The van der Waals surface area contributed by atoms with Crippen molar-refractivity contribution in [2.75, 3.05) is 9.80 Å². The number of fused-ring (bicyclic) bond motifs is 6. The molecule has 0 unspecified atom stereocenters. The highest BCUT2D eigenvalue weighted by Crippen LogP contribution is 2.67. The molecule has 0 radical (unpaired) electrons. The third kappa shape index (κ3) is 5.72. The Balaban J connectivity index is 1.24. The number of benzene rings is 7. The van der Waals surface area contributed by atoms with Gasteiger partial charge in [0.25, 0.3) is 0 Å². The van der Waals surface area contributed by atoms with Gasteiger partial charge in [-0.25, -0.2) is 0 Å². The number of phenolic OH excluding ortho intramolecular Hbond substituents is 6. The summed E-state index contributed by atoms with van der Waals surface area (Å²) in [6.45, 7) is 15.9. The number of aryl methyl sites for hydroxylation is 4. The molecule has 0 saturated carbocycles. The minimum Gasteiger partial charge on any atom is -0.505 e. The second-order valence-corrected chi connectivity index (χ2v) is 17.7. The van der Waals surface area contributed by atoms with E-state index in [0.717, 1.165) is 39.8 Å². The second kappa shape index (κ2) is 13.7. The molecule has 0 bridgehead atoms. The zero-order valence-corrected chi connectivity index (χ0v) is 35.7. The van der Waals surface area contributed by atoms with E-state index >= 15 is 0 Å². The number of anilines is 6. The van der Waals surface area contributed by atoms with Crippen LogP contribution in [0.2, 0.25) is 0 Å². The van der Waals surface area contributed by atoms with Gasteiger partial charge in [0.2, 0.25) is 0 Å². The topological polar surface area (TPSA) is 128 Å². The van der Waals surface area contributed by atoms with Crippen LogP contribution in [0.1, 0.15) is 79.1 Å². The lowest BCUT2D eigenvalue weighted by Crippen LogP contribution is -2.18. The maximum absolute atomic E-state index is 12.5. The van der Waals surface area contributed by atoms with Gasteiger partial charge in [0, 0.05) is 55.8 Å². The molecule has 9 rings (SSSR count). The first kappa shape index (κ1) is 39.4. The van der Waals surface area contributed by atoms with Crippen LogP contribution in [0.25, 0.3) is 22.3 Å². The quantitative estimate of drug-likeness (QED) is 0.0694. The van der Waals surface area contributed by atoms with Gasteiger partial charge in [0.15, 0.2) is 23.0 Å². The van der Waals surface area contributed by atoms with Crippen LogP contribution in [0.15, 0.2) is 109 Å². The Morgan fingerprint density at radius 1 is 0.410 bits per heavy atom. The van der Waals surface area contributed by atoms with E-state index in [1.54, 1.807) is 9.80 Å². The van der Waals surface area contributed by atoms with E-state index < -0.39 is 22.3 Å². The minimum absolute atomic E-state index is 0.0468. The van der Waals surface area contributed by atoms with E-state index in [2.05, 4.69) is 6.92 Å². The first-order valence-electron chi connectivity index (χ1n) is 20.7. The van der Waals surface area contributed by atoms with Gasteiger partial charge in [-0.3, -0.25) is 0 Å². The van der Waals surface area contributed by atoms with Crippen LogP contribution < -0.4 is 9.80 Å². The van der Waals surface area contributed by atoms with Crippen LogP contribution in [-0.2, 0) is 17.3 Å². The maximum Gasteiger partial charge on any atom is 0.186 e. The summed E-state index contributed by atoms with van der Waals surface area (Å²) < 4.78 is 0. The standard InChI is InChI=1S/C53H50N2O6/c1-9-31-16-24-35(25-17-31)55(34-22-14-30(4)15-23-34)45-49(59)43-41(47(57)51(45)61)37-27-38-36(26-39(37)53(43,7)8)40-42(52(38,5)6)48(58)44(50(60)46(40)56)54(32-18-10-28(2)11-19-32)33-20-12-29(3)13-21-33/h10-27,56-61H,9H2,1-8H3. The molecular formula is C53H50N2O6. The summed E-state index contributed by atoms with van der Waals surface area (Å²) in [5.41, 5.74) is 9.37. The minimum atomic E-state index is -0.936. The van der Waals surface area contributed by atoms with Crippen molar-refractivity contribution in [2.45, 2.75) is 72.6 Å². The van der Waals surface area contributed by atoms with Crippen molar-refractivity contribution in [1.82, 2.24) is 0 Å². The Bertz CT molecular complexity index is 2870. The number of phenols is 6. The van der Waals surface area contributed by atoms with Crippen LogP contribution in [0.5, 0.6) is 34.5 Å². The molecule has 0 fully saturated rings. The van der Waals surface area contributed by atoms with Crippen molar-refractivity contribution >= 4 is 34.1 Å². The first-order valence-corrected chi connectivity index (χ1v) is 20.7. The average Bonchev–Trinajstić information content (AvgIpc) is 3.62. The van der Waals surface area contributed by atoms with Crippen molar-refractivity contribution < 1.29 is 30.6 Å². The lowest BCUT2D eigenvalue weighted by atomic mass is 9.78. The van der Waals surface area contributed by atoms with Crippen LogP contribution in [-0.4, -0.2) is 30.6 Å². The van der Waals surface area contributed by atoms with Gasteiger partial charge >= 0.3 is 0 Å². The Kier molecular flexibility index (Phi) is 8.88. The molecule has 0 saturated heterocycles. The zero-order chi connectivity index (χ0) is 43.4. The summed E-state index contributed by atoms with van der Waals surface area (Å²) in [7, 11) is 0. The fourth-order valence-electron chi connectivity index (χ4n) is 9.65. The number of aromatic hydroxyl groups is 6. The normalized spacial score (nSPS) is 14.0. The van der Waals surface area contributed by atoms with Gasteiger partial charge in [-0.05, 0) is 116 Å². The first-order chi connectivity index (χ1) is 29.0. The van der Waals surface area contributed by atoms with E-state index in [4.69, 9.17) is 0 Å². The number of hydrogen-bond donors (Lipinski definition) is 6. The summed E-state index contributed by atoms with van der Waals surface area (Å²) in [6, 6.07) is 35.0. The summed E-state index contributed by atoms with van der Waals surface area (Å²) in [6.07, 6.45) is 0.843. The molecule has 7 aromatic carbocycles. The van der Waals surface area contributed by atoms with Crippen molar-refractivity contribution in [1.29, 1.82) is 0 Å². The summed E-state index contributed by atoms with van der Waals surface area (Å²) in [5.74, 6) is -2.06. The number of nitrogens with zero attached hydrogens (tertiary/aromatic N) is 2. The molecule has 0 amide bonds.